The van der Waals surface area contributed by atoms with E-state index in [9.17, 15) is 0 Å². The molecule has 4 heteroatoms. The first-order chi connectivity index (χ1) is 11.7. The van der Waals surface area contributed by atoms with E-state index >= 15 is 0 Å². The molecule has 0 aliphatic heterocycles. The first-order valence-corrected chi connectivity index (χ1v) is 10.5. The van der Waals surface area contributed by atoms with Crippen LogP contribution < -0.4 is 4.57 Å². The lowest BCUT2D eigenvalue weighted by Crippen LogP contribution is -2.33. The molecule has 24 heavy (non-hydrogen) atoms. The molecule has 0 amide bonds. The predicted molar refractivity (Wildman–Crippen MR) is 109 cm³/mol. The van der Waals surface area contributed by atoms with E-state index in [2.05, 4.69) is 79.1 Å². The highest BCUT2D eigenvalue weighted by Gasteiger charge is 2.16. The van der Waals surface area contributed by atoms with Crippen molar-refractivity contribution in [2.24, 2.45) is 0 Å². The van der Waals surface area contributed by atoms with Gasteiger partial charge in [-0.2, -0.15) is 4.57 Å². The maximum atomic E-state index is 2.38. The summed E-state index contributed by atoms with van der Waals surface area (Å²) in [5.41, 5.74) is 1.32. The molecule has 0 unspecified atom stereocenters. The van der Waals surface area contributed by atoms with Crippen LogP contribution in [0.4, 0.5) is 0 Å². The average Bonchev–Trinajstić information content (AvgIpc) is 3.30. The van der Waals surface area contributed by atoms with Crippen LogP contribution in [0.2, 0.25) is 0 Å². The van der Waals surface area contributed by atoms with E-state index < -0.39 is 0 Å². The van der Waals surface area contributed by atoms with Crippen LogP contribution in [0.5, 0.6) is 0 Å². The normalized spacial score (nSPS) is 11.8. The molecule has 0 spiro atoms. The van der Waals surface area contributed by atoms with Crippen molar-refractivity contribution in [2.75, 3.05) is 0 Å². The fraction of sp³-hybridized carbons (Fsp3) is 0.150. The highest BCUT2D eigenvalue weighted by Crippen LogP contribution is 2.34. The number of benzene rings is 1. The van der Waals surface area contributed by atoms with Crippen LogP contribution in [0.3, 0.4) is 0 Å². The van der Waals surface area contributed by atoms with E-state index in [0.717, 1.165) is 6.54 Å². The first-order valence-electron chi connectivity index (χ1n) is 8.00. The van der Waals surface area contributed by atoms with Gasteiger partial charge >= 0.3 is 0 Å². The molecule has 0 aliphatic rings. The third-order valence-electron chi connectivity index (χ3n) is 3.95. The van der Waals surface area contributed by atoms with E-state index in [1.54, 1.807) is 0 Å². The summed E-state index contributed by atoms with van der Waals surface area (Å²) >= 11 is 5.58. The molecular weight excluding hydrogens is 350 g/mol. The van der Waals surface area contributed by atoms with E-state index in [1.807, 2.05) is 34.0 Å². The molecular formula is C20H18NS3+. The number of rotatable bonds is 4. The van der Waals surface area contributed by atoms with Crippen LogP contribution in [0, 0.1) is 6.92 Å². The van der Waals surface area contributed by atoms with Gasteiger partial charge in [0, 0.05) is 31.7 Å². The van der Waals surface area contributed by atoms with Crippen LogP contribution >= 0.6 is 34.0 Å². The van der Waals surface area contributed by atoms with Crippen molar-refractivity contribution in [3.8, 4) is 9.75 Å². The Morgan fingerprint density at radius 1 is 0.875 bits per heavy atom. The molecule has 4 aromatic rings. The second-order valence-corrected chi connectivity index (χ2v) is 9.06. The Kier molecular flexibility index (Phi) is 4.35. The molecule has 0 fully saturated rings. The highest BCUT2D eigenvalue weighted by atomic mass is 32.1. The van der Waals surface area contributed by atoms with Gasteiger partial charge in [-0.25, -0.2) is 0 Å². The maximum absolute atomic E-state index is 2.38. The van der Waals surface area contributed by atoms with Gasteiger partial charge in [-0.15, -0.1) is 22.7 Å². The van der Waals surface area contributed by atoms with Gasteiger partial charge in [-0.3, -0.25) is 0 Å². The molecule has 0 aliphatic carbocycles. The van der Waals surface area contributed by atoms with Gasteiger partial charge in [-0.1, -0.05) is 23.5 Å². The average molecular weight is 369 g/mol. The molecule has 0 bridgehead atoms. The lowest BCUT2D eigenvalue weighted by Gasteiger charge is -1.91. The molecule has 1 aromatic carbocycles. The van der Waals surface area contributed by atoms with Gasteiger partial charge in [-0.05, 0) is 50.3 Å². The number of aromatic nitrogens is 1. The summed E-state index contributed by atoms with van der Waals surface area (Å²) in [6.07, 6.45) is 4.49. The number of hydrogen-bond donors (Lipinski definition) is 0. The SMILES string of the molecule is CC[n+]1c(/C=C/c2ccc(-c3ccc(C)s3)s2)sc2ccccc21. The number of fused-ring (bicyclic) bond motifs is 1. The lowest BCUT2D eigenvalue weighted by atomic mass is 10.3. The fourth-order valence-corrected chi connectivity index (χ4v) is 5.80. The monoisotopic (exact) mass is 368 g/mol. The Bertz CT molecular complexity index is 1020. The predicted octanol–water partition coefficient (Wildman–Crippen LogP) is 6.48. The number of thiophene rings is 2. The summed E-state index contributed by atoms with van der Waals surface area (Å²) in [5, 5.41) is 1.31. The molecule has 0 radical (unpaired) electrons. The molecule has 1 nitrogen and oxygen atoms in total. The van der Waals surface area contributed by atoms with Gasteiger partial charge in [0.25, 0.3) is 5.01 Å². The quantitative estimate of drug-likeness (QED) is 0.363. The van der Waals surface area contributed by atoms with Crippen LogP contribution in [0.1, 0.15) is 21.7 Å². The van der Waals surface area contributed by atoms with Gasteiger partial charge in [0.05, 0.1) is 0 Å². The van der Waals surface area contributed by atoms with Crippen LogP contribution in [-0.2, 0) is 6.54 Å². The minimum Gasteiger partial charge on any atom is -0.182 e. The van der Waals surface area contributed by atoms with Crippen molar-refractivity contribution in [1.82, 2.24) is 0 Å². The molecule has 4 rings (SSSR count). The molecule has 0 atom stereocenters. The van der Waals surface area contributed by atoms with E-state index in [0.29, 0.717) is 0 Å². The Morgan fingerprint density at radius 3 is 2.46 bits per heavy atom. The van der Waals surface area contributed by atoms with Crippen molar-refractivity contribution in [3.63, 3.8) is 0 Å². The first kappa shape index (κ1) is 15.8. The molecule has 3 aromatic heterocycles. The summed E-state index contributed by atoms with van der Waals surface area (Å²) in [6, 6.07) is 17.5. The topological polar surface area (TPSA) is 3.88 Å². The van der Waals surface area contributed by atoms with Gasteiger partial charge in [0.15, 0.2) is 0 Å². The molecule has 120 valence electrons. The number of hydrogen-bond acceptors (Lipinski definition) is 3. The minimum atomic E-state index is 0.994. The number of para-hydroxylation sites is 1. The standard InChI is InChI=1S/C20H18NS3/c1-3-21-16-6-4-5-7-17(16)24-20(21)13-10-15-9-12-19(23-15)18-11-8-14(2)22-18/h4-13H,3H2,1-2H3/q+1/b13-10+. The Balaban J connectivity index is 1.65. The minimum absolute atomic E-state index is 0.994. The molecule has 0 N–H and O–H groups in total. The van der Waals surface area contributed by atoms with Gasteiger partial charge in [0.2, 0.25) is 5.52 Å². The van der Waals surface area contributed by atoms with E-state index in [4.69, 9.17) is 0 Å². The van der Waals surface area contributed by atoms with Crippen molar-refractivity contribution >= 4 is 56.4 Å². The van der Waals surface area contributed by atoms with Crippen molar-refractivity contribution in [2.45, 2.75) is 20.4 Å². The third-order valence-corrected chi connectivity index (χ3v) is 7.33. The second-order valence-electron chi connectivity index (χ2n) is 5.60. The van der Waals surface area contributed by atoms with Crippen LogP contribution in [0.15, 0.2) is 48.5 Å². The van der Waals surface area contributed by atoms with Crippen molar-refractivity contribution < 1.29 is 4.57 Å². The summed E-state index contributed by atoms with van der Waals surface area (Å²) in [5.74, 6) is 0. The Morgan fingerprint density at radius 2 is 1.67 bits per heavy atom. The number of nitrogens with zero attached hydrogens (tertiary/aromatic N) is 1. The van der Waals surface area contributed by atoms with Crippen molar-refractivity contribution in [3.05, 3.63) is 63.3 Å². The van der Waals surface area contributed by atoms with Crippen LogP contribution in [0.25, 0.3) is 32.1 Å². The molecule has 3 heterocycles. The van der Waals surface area contributed by atoms with E-state index in [1.165, 1.54) is 34.7 Å². The van der Waals surface area contributed by atoms with E-state index in [-0.39, 0.29) is 0 Å². The lowest BCUT2D eigenvalue weighted by molar-refractivity contribution is -0.665. The summed E-state index contributed by atoms with van der Waals surface area (Å²) in [7, 11) is 0. The van der Waals surface area contributed by atoms with Crippen LogP contribution in [-0.4, -0.2) is 0 Å². The second kappa shape index (κ2) is 6.63. The smallest absolute Gasteiger partial charge is 0.182 e. The zero-order chi connectivity index (χ0) is 16.5. The zero-order valence-corrected chi connectivity index (χ0v) is 16.1. The van der Waals surface area contributed by atoms with Gasteiger partial charge in [0.1, 0.15) is 11.2 Å². The highest BCUT2D eigenvalue weighted by molar-refractivity contribution is 7.22. The number of thiazole rings is 1. The summed E-state index contributed by atoms with van der Waals surface area (Å²) in [6.45, 7) is 5.36. The van der Waals surface area contributed by atoms with Gasteiger partial charge < -0.3 is 0 Å². The molecule has 0 saturated carbocycles. The maximum Gasteiger partial charge on any atom is 0.262 e. The Hall–Kier alpha value is -1.75. The third kappa shape index (κ3) is 2.97. The Labute approximate surface area is 154 Å². The number of aryl methyl sites for hydroxylation is 2. The molecule has 0 saturated heterocycles. The largest absolute Gasteiger partial charge is 0.262 e. The summed E-state index contributed by atoms with van der Waals surface area (Å²) < 4.78 is 3.73. The fourth-order valence-electron chi connectivity index (χ4n) is 2.80. The van der Waals surface area contributed by atoms with Crippen molar-refractivity contribution in [1.29, 1.82) is 0 Å². The zero-order valence-electron chi connectivity index (χ0n) is 13.7. The summed E-state index contributed by atoms with van der Waals surface area (Å²) in [4.78, 5) is 5.39.